The molecule has 0 amide bonds. The molecule has 2 N–H and O–H groups in total. The predicted octanol–water partition coefficient (Wildman–Crippen LogP) is 16.0. The van der Waals surface area contributed by atoms with Gasteiger partial charge in [0.25, 0.3) is 0 Å². The standard InChI is InChI=1S/C55H53NO2S2.2CH3.Hf/c1-30-14-40(50(57)42(16-30)54-24-32-18-33(25-54)20-34(19-32)26-54)52-48(38-8-3-5-12-46(38)59-52)44-10-7-11-45(56-44)49-39-9-4-6-13-47(39)60-53(49)41-15-31(2)17-43(51(41)58)55-27-35-21-36(28-55)23-37(22-35)29-55;;;/h3-17,32-37,57-58H,18-29H2,1-2H3;2*1H3;/q;2*-1;. The number of aromatic nitrogens is 1. The molecule has 3 heterocycles. The second-order valence-electron chi connectivity index (χ2n) is 20.8. The quantitative estimate of drug-likeness (QED) is 0.129. The van der Waals surface area contributed by atoms with E-state index in [0.717, 1.165) is 78.9 Å². The molecule has 8 bridgehead atoms. The summed E-state index contributed by atoms with van der Waals surface area (Å²) in [6.45, 7) is 4.44. The van der Waals surface area contributed by atoms with Gasteiger partial charge in [-0.3, -0.25) is 0 Å². The van der Waals surface area contributed by atoms with Gasteiger partial charge in [0.05, 0.1) is 11.4 Å². The Labute approximate surface area is 401 Å². The van der Waals surface area contributed by atoms with Crippen molar-refractivity contribution in [2.45, 2.75) is 102 Å². The van der Waals surface area contributed by atoms with Gasteiger partial charge < -0.3 is 25.1 Å². The first-order valence-corrected chi connectivity index (χ1v) is 24.5. The minimum Gasteiger partial charge on any atom is -0.507 e. The van der Waals surface area contributed by atoms with Gasteiger partial charge in [-0.25, -0.2) is 4.98 Å². The maximum Gasteiger partial charge on any atom is 0.128 e. The SMILES string of the molecule is Cc1cc(-c2sc3ccccc3c2-c2cccc(-c3c(-c4cc(C)cc(C56CC7CC(CC(C7)C5)C6)c4O)sc4ccccc34)n2)c(O)c(C23CC4CC(CC(C4)C2)C3)c1.[CH3-].[CH3-].[Hf]. The molecule has 63 heavy (non-hydrogen) atoms. The second-order valence-corrected chi connectivity index (χ2v) is 22.9. The van der Waals surface area contributed by atoms with E-state index in [9.17, 15) is 10.2 Å². The number of fused-ring (bicyclic) bond motifs is 2. The molecule has 0 radical (unpaired) electrons. The summed E-state index contributed by atoms with van der Waals surface area (Å²) in [6.07, 6.45) is 15.6. The molecular weight excluding hydrogens is 973 g/mol. The second kappa shape index (κ2) is 15.8. The summed E-state index contributed by atoms with van der Waals surface area (Å²) in [6, 6.07) is 33.0. The van der Waals surface area contributed by atoms with E-state index in [1.807, 2.05) is 0 Å². The average Bonchev–Trinajstić information content (AvgIpc) is 3.81. The Bertz CT molecular complexity index is 2660. The van der Waals surface area contributed by atoms with Crippen LogP contribution in [-0.2, 0) is 36.7 Å². The number of hydrogen-bond acceptors (Lipinski definition) is 5. The molecule has 15 rings (SSSR count). The maximum atomic E-state index is 12.6. The topological polar surface area (TPSA) is 53.4 Å². The van der Waals surface area contributed by atoms with Crippen LogP contribution in [0, 0.1) is 64.2 Å². The zero-order valence-electron chi connectivity index (χ0n) is 37.3. The number of phenols is 2. The van der Waals surface area contributed by atoms with E-state index in [2.05, 4.69) is 105 Å². The van der Waals surface area contributed by atoms with Crippen molar-refractivity contribution >= 4 is 42.8 Å². The van der Waals surface area contributed by atoms with Gasteiger partial charge in [0.1, 0.15) is 11.5 Å². The first-order chi connectivity index (χ1) is 29.2. The Morgan fingerprint density at radius 3 is 1.21 bits per heavy atom. The van der Waals surface area contributed by atoms with Crippen molar-refractivity contribution in [3.8, 4) is 54.9 Å². The molecule has 8 aliphatic rings. The Kier molecular flexibility index (Phi) is 10.9. The molecule has 3 aromatic heterocycles. The van der Waals surface area contributed by atoms with Crippen molar-refractivity contribution in [2.75, 3.05) is 0 Å². The van der Waals surface area contributed by atoms with E-state index in [-0.39, 0.29) is 51.5 Å². The third kappa shape index (κ3) is 6.71. The minimum atomic E-state index is 0. The van der Waals surface area contributed by atoms with Gasteiger partial charge in [0, 0.05) is 89.2 Å². The molecule has 0 saturated heterocycles. The summed E-state index contributed by atoms with van der Waals surface area (Å²) >= 11 is 3.57. The summed E-state index contributed by atoms with van der Waals surface area (Å²) in [5.74, 6) is 5.78. The van der Waals surface area contributed by atoms with Crippen LogP contribution in [0.15, 0.2) is 91.0 Å². The van der Waals surface area contributed by atoms with E-state index < -0.39 is 0 Å². The minimum absolute atomic E-state index is 0. The smallest absolute Gasteiger partial charge is 0.128 e. The van der Waals surface area contributed by atoms with Crippen LogP contribution in [-0.4, -0.2) is 15.2 Å². The predicted molar refractivity (Wildman–Crippen MR) is 262 cm³/mol. The van der Waals surface area contributed by atoms with Crippen molar-refractivity contribution < 1.29 is 36.1 Å². The van der Waals surface area contributed by atoms with Crippen LogP contribution >= 0.6 is 22.7 Å². The Balaban J connectivity index is 0.00000157. The Hall–Kier alpha value is -3.58. The van der Waals surface area contributed by atoms with Gasteiger partial charge in [-0.1, -0.05) is 54.6 Å². The van der Waals surface area contributed by atoms with Gasteiger partial charge in [0.2, 0.25) is 0 Å². The molecule has 0 atom stereocenters. The van der Waals surface area contributed by atoms with Gasteiger partial charge >= 0.3 is 0 Å². The summed E-state index contributed by atoms with van der Waals surface area (Å²) in [7, 11) is 0. The first kappa shape index (κ1) is 43.3. The molecule has 6 heteroatoms. The number of pyridine rings is 1. The number of phenolic OH excluding ortho intramolecular Hbond substituents is 2. The van der Waals surface area contributed by atoms with Gasteiger partial charge in [0.15, 0.2) is 0 Å². The number of hydrogen-bond donors (Lipinski definition) is 2. The number of aromatic hydroxyl groups is 2. The summed E-state index contributed by atoms with van der Waals surface area (Å²) in [4.78, 5) is 7.83. The third-order valence-corrected chi connectivity index (χ3v) is 19.1. The van der Waals surface area contributed by atoms with E-state index in [1.54, 1.807) is 22.7 Å². The van der Waals surface area contributed by atoms with Gasteiger partial charge in [-0.15, -0.1) is 22.7 Å². The van der Waals surface area contributed by atoms with Gasteiger partial charge in [-0.05, 0) is 185 Å². The molecule has 322 valence electrons. The fourth-order valence-electron chi connectivity index (χ4n) is 15.3. The largest absolute Gasteiger partial charge is 0.507 e. The van der Waals surface area contributed by atoms with Crippen LogP contribution < -0.4 is 0 Å². The number of aryl methyl sites for hydroxylation is 2. The van der Waals surface area contributed by atoms with E-state index in [1.165, 1.54) is 119 Å². The van der Waals surface area contributed by atoms with Crippen LogP contribution in [0.4, 0.5) is 0 Å². The zero-order valence-corrected chi connectivity index (χ0v) is 42.5. The van der Waals surface area contributed by atoms with Crippen LogP contribution in [0.5, 0.6) is 11.5 Å². The number of benzene rings is 4. The molecule has 7 aromatic rings. The monoisotopic (exact) mass is 1030 g/mol. The van der Waals surface area contributed by atoms with Crippen molar-refractivity contribution in [2.24, 2.45) is 35.5 Å². The first-order valence-electron chi connectivity index (χ1n) is 22.9. The fourth-order valence-corrected chi connectivity index (χ4v) is 17.7. The van der Waals surface area contributed by atoms with Crippen LogP contribution in [0.2, 0.25) is 0 Å². The molecule has 0 unspecified atom stereocenters. The summed E-state index contributed by atoms with van der Waals surface area (Å²) in [5.41, 5.74) is 10.9. The van der Waals surface area contributed by atoms with Gasteiger partial charge in [-0.2, -0.15) is 0 Å². The van der Waals surface area contributed by atoms with E-state index in [4.69, 9.17) is 4.98 Å². The average molecular weight is 1030 g/mol. The third-order valence-electron chi connectivity index (χ3n) is 16.7. The summed E-state index contributed by atoms with van der Waals surface area (Å²) < 4.78 is 2.41. The van der Waals surface area contributed by atoms with Crippen LogP contribution in [0.3, 0.4) is 0 Å². The molecule has 3 nitrogen and oxygen atoms in total. The Morgan fingerprint density at radius 2 is 0.841 bits per heavy atom. The number of nitrogens with zero attached hydrogens (tertiary/aromatic N) is 1. The number of thiophene rings is 2. The molecule has 0 aliphatic heterocycles. The van der Waals surface area contributed by atoms with E-state index in [0.29, 0.717) is 11.5 Å². The Morgan fingerprint density at radius 1 is 0.492 bits per heavy atom. The van der Waals surface area contributed by atoms with Crippen molar-refractivity contribution in [1.82, 2.24) is 4.98 Å². The molecule has 4 aromatic carbocycles. The molecule has 0 spiro atoms. The maximum absolute atomic E-state index is 12.6. The van der Waals surface area contributed by atoms with Crippen molar-refractivity contribution in [3.63, 3.8) is 0 Å². The van der Waals surface area contributed by atoms with E-state index >= 15 is 0 Å². The number of rotatable bonds is 6. The summed E-state index contributed by atoms with van der Waals surface area (Å²) in [5, 5.41) is 27.6. The molecule has 8 saturated carbocycles. The van der Waals surface area contributed by atoms with Crippen molar-refractivity contribution in [1.29, 1.82) is 0 Å². The zero-order chi connectivity index (χ0) is 40.1. The fraction of sp³-hybridized carbons (Fsp3) is 0.386. The van der Waals surface area contributed by atoms with Crippen LogP contribution in [0.1, 0.15) is 99.3 Å². The normalized spacial score (nSPS) is 28.5. The van der Waals surface area contributed by atoms with Crippen molar-refractivity contribution in [3.05, 3.63) is 128 Å². The molecule has 8 aliphatic carbocycles. The molecule has 8 fully saturated rings. The van der Waals surface area contributed by atoms with Crippen LogP contribution in [0.25, 0.3) is 63.6 Å². The molecular formula is C57H59HfNO2S2-2.